The van der Waals surface area contributed by atoms with Gasteiger partial charge in [-0.05, 0) is 54.6 Å². The van der Waals surface area contributed by atoms with Crippen LogP contribution in [0.2, 0.25) is 0 Å². The molecule has 1 aliphatic rings. The summed E-state index contributed by atoms with van der Waals surface area (Å²) in [5.41, 5.74) is 0.834. The Balaban J connectivity index is 1.65. The Morgan fingerprint density at radius 2 is 1.52 bits per heavy atom. The van der Waals surface area contributed by atoms with E-state index in [-0.39, 0.29) is 16.7 Å². The van der Waals surface area contributed by atoms with Gasteiger partial charge in [-0.15, -0.1) is 0 Å². The van der Waals surface area contributed by atoms with Crippen molar-refractivity contribution in [2.45, 2.75) is 0 Å². The summed E-state index contributed by atoms with van der Waals surface area (Å²) in [5, 5.41) is 9.01. The molecule has 0 bridgehead atoms. The minimum Gasteiger partial charge on any atom is -0.493 e. The molecule has 1 N–H and O–H groups in total. The molecule has 0 aliphatic carbocycles. The van der Waals surface area contributed by atoms with Crippen molar-refractivity contribution >= 4 is 23.5 Å². The van der Waals surface area contributed by atoms with E-state index in [0.29, 0.717) is 22.9 Å². The number of methoxy groups -OCH3 is 1. The molecular formula is C22H15NO6. The number of anilines is 1. The predicted octanol–water partition coefficient (Wildman–Crippen LogP) is 3.99. The van der Waals surface area contributed by atoms with E-state index in [1.54, 1.807) is 24.3 Å². The van der Waals surface area contributed by atoms with Crippen molar-refractivity contribution in [2.75, 3.05) is 12.0 Å². The number of carbonyl (C=O) groups is 3. The van der Waals surface area contributed by atoms with Gasteiger partial charge in [-0.3, -0.25) is 9.59 Å². The lowest BCUT2D eigenvalue weighted by atomic mass is 10.1. The second-order valence-electron chi connectivity index (χ2n) is 6.26. The standard InChI is InChI=1S/C22H15NO6/c1-28-18-4-2-3-5-19(18)29-15-10-11-16-17(12-15)21(25)23(20(16)24)14-8-6-13(7-9-14)22(26)27/h2-12H,1H3,(H,26,27). The van der Waals surface area contributed by atoms with Gasteiger partial charge in [0.1, 0.15) is 5.75 Å². The molecule has 3 aromatic rings. The molecule has 0 spiro atoms. The highest BCUT2D eigenvalue weighted by molar-refractivity contribution is 6.34. The third kappa shape index (κ3) is 3.19. The third-order valence-electron chi connectivity index (χ3n) is 4.53. The molecule has 0 fully saturated rings. The monoisotopic (exact) mass is 389 g/mol. The van der Waals surface area contributed by atoms with Gasteiger partial charge in [0.05, 0.1) is 29.5 Å². The number of para-hydroxylation sites is 2. The van der Waals surface area contributed by atoms with Gasteiger partial charge in [0.2, 0.25) is 0 Å². The summed E-state index contributed by atoms with van der Waals surface area (Å²) in [6.45, 7) is 0. The SMILES string of the molecule is COc1ccccc1Oc1ccc2c(c1)C(=O)N(c1ccc(C(=O)O)cc1)C2=O. The number of fused-ring (bicyclic) bond motifs is 1. The van der Waals surface area contributed by atoms with Crippen LogP contribution in [0.4, 0.5) is 5.69 Å². The maximum absolute atomic E-state index is 12.9. The van der Waals surface area contributed by atoms with Gasteiger partial charge in [-0.2, -0.15) is 0 Å². The lowest BCUT2D eigenvalue weighted by molar-refractivity contribution is 0.0696. The summed E-state index contributed by atoms with van der Waals surface area (Å²) in [7, 11) is 1.53. The minimum atomic E-state index is -1.09. The molecule has 0 radical (unpaired) electrons. The van der Waals surface area contributed by atoms with Crippen LogP contribution in [-0.4, -0.2) is 30.0 Å². The highest BCUT2D eigenvalue weighted by atomic mass is 16.5. The highest BCUT2D eigenvalue weighted by Gasteiger charge is 2.37. The first-order chi connectivity index (χ1) is 14.0. The van der Waals surface area contributed by atoms with Gasteiger partial charge >= 0.3 is 5.97 Å². The first-order valence-corrected chi connectivity index (χ1v) is 8.66. The summed E-state index contributed by atoms with van der Waals surface area (Å²) in [4.78, 5) is 37.6. The number of imide groups is 1. The first kappa shape index (κ1) is 18.2. The average molecular weight is 389 g/mol. The number of benzene rings is 3. The number of carbonyl (C=O) groups excluding carboxylic acids is 2. The molecule has 7 heteroatoms. The Hall–Kier alpha value is -4.13. The third-order valence-corrected chi connectivity index (χ3v) is 4.53. The Labute approximate surface area is 165 Å². The zero-order chi connectivity index (χ0) is 20.5. The number of amides is 2. The lowest BCUT2D eigenvalue weighted by Gasteiger charge is -2.13. The number of rotatable bonds is 5. The van der Waals surface area contributed by atoms with E-state index < -0.39 is 17.8 Å². The maximum atomic E-state index is 12.9. The summed E-state index contributed by atoms with van der Waals surface area (Å²) >= 11 is 0. The minimum absolute atomic E-state index is 0.0675. The molecule has 144 valence electrons. The molecule has 3 aromatic carbocycles. The van der Waals surface area contributed by atoms with Crippen molar-refractivity contribution in [2.24, 2.45) is 0 Å². The second kappa shape index (κ2) is 7.12. The van der Waals surface area contributed by atoms with Crippen molar-refractivity contribution in [1.29, 1.82) is 0 Å². The van der Waals surface area contributed by atoms with Gasteiger partial charge in [-0.25, -0.2) is 9.69 Å². The fourth-order valence-electron chi connectivity index (χ4n) is 3.10. The summed E-state index contributed by atoms with van der Waals surface area (Å²) in [5.74, 6) is -0.659. The maximum Gasteiger partial charge on any atom is 0.335 e. The fraction of sp³-hybridized carbons (Fsp3) is 0.0455. The van der Waals surface area contributed by atoms with E-state index in [1.807, 2.05) is 6.07 Å². The van der Waals surface area contributed by atoms with Crippen LogP contribution in [0.5, 0.6) is 17.2 Å². The molecule has 0 unspecified atom stereocenters. The van der Waals surface area contributed by atoms with Gasteiger partial charge in [0.15, 0.2) is 11.5 Å². The molecule has 0 aromatic heterocycles. The Morgan fingerprint density at radius 1 is 0.862 bits per heavy atom. The summed E-state index contributed by atoms with van der Waals surface area (Å²) in [6.07, 6.45) is 0. The zero-order valence-corrected chi connectivity index (χ0v) is 15.3. The van der Waals surface area contributed by atoms with E-state index in [4.69, 9.17) is 14.6 Å². The fourth-order valence-corrected chi connectivity index (χ4v) is 3.10. The number of hydrogen-bond donors (Lipinski definition) is 1. The highest BCUT2D eigenvalue weighted by Crippen LogP contribution is 2.35. The van der Waals surface area contributed by atoms with E-state index in [2.05, 4.69) is 0 Å². The molecule has 1 aliphatic heterocycles. The number of ether oxygens (including phenoxy) is 2. The molecule has 1 heterocycles. The molecule has 29 heavy (non-hydrogen) atoms. The van der Waals surface area contributed by atoms with Crippen molar-refractivity contribution in [1.82, 2.24) is 0 Å². The van der Waals surface area contributed by atoms with Crippen LogP contribution in [0.15, 0.2) is 66.7 Å². The van der Waals surface area contributed by atoms with Crippen LogP contribution in [0.1, 0.15) is 31.1 Å². The van der Waals surface area contributed by atoms with E-state index in [9.17, 15) is 14.4 Å². The van der Waals surface area contributed by atoms with Crippen molar-refractivity contribution in [3.63, 3.8) is 0 Å². The van der Waals surface area contributed by atoms with Crippen molar-refractivity contribution in [3.05, 3.63) is 83.4 Å². The van der Waals surface area contributed by atoms with Crippen LogP contribution in [0, 0.1) is 0 Å². The molecule has 0 saturated carbocycles. The Morgan fingerprint density at radius 3 is 2.17 bits per heavy atom. The van der Waals surface area contributed by atoms with Crippen LogP contribution < -0.4 is 14.4 Å². The summed E-state index contributed by atoms with van der Waals surface area (Å²) in [6, 6.07) is 17.3. The molecule has 4 rings (SSSR count). The summed E-state index contributed by atoms with van der Waals surface area (Å²) < 4.78 is 11.1. The Bertz CT molecular complexity index is 1140. The van der Waals surface area contributed by atoms with Gasteiger partial charge in [0, 0.05) is 0 Å². The normalized spacial score (nSPS) is 12.7. The molecule has 7 nitrogen and oxygen atoms in total. The smallest absolute Gasteiger partial charge is 0.335 e. The van der Waals surface area contributed by atoms with E-state index in [1.165, 1.54) is 43.5 Å². The van der Waals surface area contributed by atoms with Crippen molar-refractivity contribution in [3.8, 4) is 17.2 Å². The van der Waals surface area contributed by atoms with Crippen LogP contribution in [-0.2, 0) is 0 Å². The number of carboxylic acids is 1. The second-order valence-corrected chi connectivity index (χ2v) is 6.26. The van der Waals surface area contributed by atoms with E-state index in [0.717, 1.165) is 4.90 Å². The molecule has 2 amide bonds. The average Bonchev–Trinajstić information content (AvgIpc) is 2.98. The predicted molar refractivity (Wildman–Crippen MR) is 104 cm³/mol. The van der Waals surface area contributed by atoms with E-state index >= 15 is 0 Å². The van der Waals surface area contributed by atoms with Gasteiger partial charge < -0.3 is 14.6 Å². The number of nitrogens with zero attached hydrogens (tertiary/aromatic N) is 1. The largest absolute Gasteiger partial charge is 0.493 e. The molecular weight excluding hydrogens is 374 g/mol. The van der Waals surface area contributed by atoms with Crippen LogP contribution >= 0.6 is 0 Å². The molecule has 0 saturated heterocycles. The Kier molecular flexibility index (Phi) is 4.48. The number of aromatic carboxylic acids is 1. The quantitative estimate of drug-likeness (QED) is 0.664. The van der Waals surface area contributed by atoms with Crippen LogP contribution in [0.3, 0.4) is 0 Å². The molecule has 0 atom stereocenters. The van der Waals surface area contributed by atoms with Gasteiger partial charge in [0.25, 0.3) is 11.8 Å². The van der Waals surface area contributed by atoms with Crippen molar-refractivity contribution < 1.29 is 29.0 Å². The topological polar surface area (TPSA) is 93.1 Å². The number of carboxylic acid groups (broad SMARTS) is 1. The van der Waals surface area contributed by atoms with Crippen LogP contribution in [0.25, 0.3) is 0 Å². The first-order valence-electron chi connectivity index (χ1n) is 8.66. The lowest BCUT2D eigenvalue weighted by Crippen LogP contribution is -2.29. The number of hydrogen-bond acceptors (Lipinski definition) is 5. The van der Waals surface area contributed by atoms with Gasteiger partial charge in [-0.1, -0.05) is 12.1 Å². The zero-order valence-electron chi connectivity index (χ0n) is 15.3.